The Morgan fingerprint density at radius 3 is 2.40 bits per heavy atom. The Labute approximate surface area is 88.5 Å². The largest absolute Gasteiger partial charge is 0.387 e. The predicted octanol–water partition coefficient (Wildman–Crippen LogP) is -0.257. The number of hydrogen-bond donors (Lipinski definition) is 3. The van der Waals surface area contributed by atoms with Gasteiger partial charge in [0.15, 0.2) is 0 Å². The maximum atomic E-state index is 9.79. The van der Waals surface area contributed by atoms with Crippen LogP contribution < -0.4 is 0 Å². The highest BCUT2D eigenvalue weighted by molar-refractivity contribution is 5.30. The van der Waals surface area contributed by atoms with E-state index in [-0.39, 0.29) is 6.10 Å². The number of allylic oxidation sites excluding steroid dienone is 3. The molecule has 1 aliphatic heterocycles. The Kier molecular flexibility index (Phi) is 2.68. The molecule has 1 heterocycles. The van der Waals surface area contributed by atoms with Crippen molar-refractivity contribution >= 4 is 0 Å². The summed E-state index contributed by atoms with van der Waals surface area (Å²) in [5, 5.41) is 29.1. The molecule has 4 nitrogen and oxygen atoms in total. The molecular weight excluding hydrogens is 196 g/mol. The molecule has 4 heteroatoms. The molecule has 1 aliphatic carbocycles. The Hall–Kier alpha value is -0.680. The van der Waals surface area contributed by atoms with Crippen molar-refractivity contribution in [1.29, 1.82) is 0 Å². The van der Waals surface area contributed by atoms with Crippen LogP contribution in [0.5, 0.6) is 0 Å². The van der Waals surface area contributed by atoms with Crippen molar-refractivity contribution in [1.82, 2.24) is 0 Å². The first kappa shape index (κ1) is 10.8. The summed E-state index contributed by atoms with van der Waals surface area (Å²) in [7, 11) is 0. The fourth-order valence-corrected chi connectivity index (χ4v) is 1.87. The maximum Gasteiger partial charge on any atom is 0.117 e. The maximum absolute atomic E-state index is 9.79. The van der Waals surface area contributed by atoms with Gasteiger partial charge >= 0.3 is 0 Å². The number of hydrogen-bond acceptors (Lipinski definition) is 4. The van der Waals surface area contributed by atoms with Gasteiger partial charge < -0.3 is 20.1 Å². The third-order valence-corrected chi connectivity index (χ3v) is 2.82. The van der Waals surface area contributed by atoms with E-state index in [9.17, 15) is 15.3 Å². The summed E-state index contributed by atoms with van der Waals surface area (Å²) in [4.78, 5) is 0. The van der Waals surface area contributed by atoms with Crippen molar-refractivity contribution in [3.8, 4) is 0 Å². The van der Waals surface area contributed by atoms with Crippen LogP contribution in [-0.2, 0) is 4.74 Å². The molecule has 5 atom stereocenters. The third kappa shape index (κ3) is 1.86. The number of ether oxygens (including phenoxy) is 1. The van der Waals surface area contributed by atoms with Gasteiger partial charge in [0.2, 0.25) is 0 Å². The van der Waals surface area contributed by atoms with E-state index < -0.39 is 24.4 Å². The molecule has 2 rings (SSSR count). The summed E-state index contributed by atoms with van der Waals surface area (Å²) in [6.45, 7) is 3.84. The Bertz CT molecular complexity index is 317. The molecular formula is C11H16O4. The first-order chi connectivity index (χ1) is 7.02. The van der Waals surface area contributed by atoms with Gasteiger partial charge in [0.05, 0.1) is 0 Å². The minimum atomic E-state index is -1.03. The molecule has 15 heavy (non-hydrogen) atoms. The number of aliphatic hydroxyl groups is 3. The van der Waals surface area contributed by atoms with Crippen LogP contribution in [0.2, 0.25) is 0 Å². The van der Waals surface area contributed by atoms with Crippen molar-refractivity contribution in [2.75, 3.05) is 0 Å². The summed E-state index contributed by atoms with van der Waals surface area (Å²) in [6.07, 6.45) is -0.0409. The lowest BCUT2D eigenvalue weighted by Crippen LogP contribution is -2.44. The van der Waals surface area contributed by atoms with E-state index in [1.54, 1.807) is 12.2 Å². The highest BCUT2D eigenvalue weighted by Gasteiger charge is 2.57. The van der Waals surface area contributed by atoms with Gasteiger partial charge in [0.1, 0.15) is 30.5 Å². The van der Waals surface area contributed by atoms with E-state index in [1.807, 2.05) is 13.8 Å². The zero-order chi connectivity index (χ0) is 11.2. The SMILES string of the molecule is CC(C)=C/C=C1\[C@@H](O)[C@H]2O[C@H]2[C@@H](O)[C@H]1O. The van der Waals surface area contributed by atoms with E-state index >= 15 is 0 Å². The Morgan fingerprint density at radius 1 is 1.13 bits per heavy atom. The van der Waals surface area contributed by atoms with Gasteiger partial charge in [-0.05, 0) is 19.4 Å². The quantitative estimate of drug-likeness (QED) is 0.524. The molecule has 0 unspecified atom stereocenters. The van der Waals surface area contributed by atoms with Gasteiger partial charge in [0.25, 0.3) is 0 Å². The highest BCUT2D eigenvalue weighted by Crippen LogP contribution is 2.39. The predicted molar refractivity (Wildman–Crippen MR) is 54.2 cm³/mol. The average Bonchev–Trinajstić information content (AvgIpc) is 2.94. The van der Waals surface area contributed by atoms with Crippen LogP contribution in [0.3, 0.4) is 0 Å². The summed E-state index contributed by atoms with van der Waals surface area (Å²) in [5.41, 5.74) is 1.50. The number of epoxide rings is 1. The molecule has 3 N–H and O–H groups in total. The molecule has 0 amide bonds. The summed E-state index contributed by atoms with van der Waals surface area (Å²) >= 11 is 0. The summed E-state index contributed by atoms with van der Waals surface area (Å²) < 4.78 is 5.09. The Balaban J connectivity index is 2.21. The number of fused-ring (bicyclic) bond motifs is 1. The van der Waals surface area contributed by atoms with Crippen LogP contribution in [0.15, 0.2) is 23.3 Å². The second kappa shape index (κ2) is 3.72. The van der Waals surface area contributed by atoms with E-state index in [0.717, 1.165) is 5.57 Å². The topological polar surface area (TPSA) is 73.2 Å². The molecule has 0 bridgehead atoms. The monoisotopic (exact) mass is 212 g/mol. The van der Waals surface area contributed by atoms with Crippen molar-refractivity contribution < 1.29 is 20.1 Å². The molecule has 0 aromatic rings. The van der Waals surface area contributed by atoms with Gasteiger partial charge in [-0.2, -0.15) is 0 Å². The average molecular weight is 212 g/mol. The zero-order valence-corrected chi connectivity index (χ0v) is 8.79. The fourth-order valence-electron chi connectivity index (χ4n) is 1.87. The zero-order valence-electron chi connectivity index (χ0n) is 8.79. The third-order valence-electron chi connectivity index (χ3n) is 2.82. The molecule has 1 saturated heterocycles. The minimum Gasteiger partial charge on any atom is -0.387 e. The molecule has 1 saturated carbocycles. The minimum absolute atomic E-state index is 0.347. The lowest BCUT2D eigenvalue weighted by atomic mass is 9.87. The molecule has 0 radical (unpaired) electrons. The van der Waals surface area contributed by atoms with Gasteiger partial charge in [-0.3, -0.25) is 0 Å². The van der Waals surface area contributed by atoms with Crippen LogP contribution in [0.1, 0.15) is 13.8 Å². The van der Waals surface area contributed by atoms with E-state index in [0.29, 0.717) is 5.57 Å². The van der Waals surface area contributed by atoms with E-state index in [2.05, 4.69) is 0 Å². The summed E-state index contributed by atoms with van der Waals surface area (Å²) in [6, 6.07) is 0. The van der Waals surface area contributed by atoms with Gasteiger partial charge in [-0.1, -0.05) is 17.7 Å². The van der Waals surface area contributed by atoms with Crippen LogP contribution in [0.4, 0.5) is 0 Å². The first-order valence-electron chi connectivity index (χ1n) is 5.07. The summed E-state index contributed by atoms with van der Waals surface area (Å²) in [5.74, 6) is 0. The smallest absolute Gasteiger partial charge is 0.117 e. The van der Waals surface area contributed by atoms with Gasteiger partial charge in [-0.15, -0.1) is 0 Å². The normalized spacial score (nSPS) is 46.2. The number of aliphatic hydroxyl groups excluding tert-OH is 3. The molecule has 2 fully saturated rings. The second-order valence-electron chi connectivity index (χ2n) is 4.36. The van der Waals surface area contributed by atoms with Crippen molar-refractivity contribution in [2.24, 2.45) is 0 Å². The molecule has 0 spiro atoms. The molecule has 0 aromatic heterocycles. The van der Waals surface area contributed by atoms with Crippen molar-refractivity contribution in [3.05, 3.63) is 23.3 Å². The van der Waals surface area contributed by atoms with Crippen LogP contribution in [0, 0.1) is 0 Å². The first-order valence-corrected chi connectivity index (χ1v) is 5.07. The molecule has 84 valence electrons. The van der Waals surface area contributed by atoms with Crippen LogP contribution in [0.25, 0.3) is 0 Å². The van der Waals surface area contributed by atoms with Gasteiger partial charge in [0, 0.05) is 0 Å². The standard InChI is InChI=1S/C11H16O4/c1-5(2)3-4-6-7(12)9(14)11-10(15-11)8(6)13/h3-4,7-14H,1-2H3/b6-4-/t7-,8+,9-,10+,11-/m0/s1. The van der Waals surface area contributed by atoms with Crippen LogP contribution in [-0.4, -0.2) is 45.8 Å². The lowest BCUT2D eigenvalue weighted by Gasteiger charge is -2.26. The Morgan fingerprint density at radius 2 is 1.80 bits per heavy atom. The van der Waals surface area contributed by atoms with Crippen molar-refractivity contribution in [3.63, 3.8) is 0 Å². The fraction of sp³-hybridized carbons (Fsp3) is 0.636. The van der Waals surface area contributed by atoms with Crippen molar-refractivity contribution in [2.45, 2.75) is 44.4 Å². The molecule has 2 aliphatic rings. The van der Waals surface area contributed by atoms with E-state index in [1.165, 1.54) is 0 Å². The highest BCUT2D eigenvalue weighted by atomic mass is 16.6. The van der Waals surface area contributed by atoms with E-state index in [4.69, 9.17) is 4.74 Å². The van der Waals surface area contributed by atoms with Crippen LogP contribution >= 0.6 is 0 Å². The second-order valence-corrected chi connectivity index (χ2v) is 4.36. The molecule has 0 aromatic carbocycles. The lowest BCUT2D eigenvalue weighted by molar-refractivity contribution is 0.00450. The van der Waals surface area contributed by atoms with Gasteiger partial charge in [-0.25, -0.2) is 0 Å². The number of rotatable bonds is 1.